The Bertz CT molecular complexity index is 912. The second-order valence-corrected chi connectivity index (χ2v) is 6.34. The maximum Gasteiger partial charge on any atom is 0.227 e. The third-order valence-electron chi connectivity index (χ3n) is 4.89. The lowest BCUT2D eigenvalue weighted by atomic mass is 9.88. The van der Waals surface area contributed by atoms with Gasteiger partial charge < -0.3 is 19.8 Å². The maximum atomic E-state index is 12.5. The first kappa shape index (κ1) is 15.0. The summed E-state index contributed by atoms with van der Waals surface area (Å²) in [7, 11) is 1.61. The Balaban J connectivity index is 1.71. The third kappa shape index (κ3) is 2.41. The van der Waals surface area contributed by atoms with E-state index in [0.29, 0.717) is 17.4 Å². The lowest BCUT2D eigenvalue weighted by molar-refractivity contribution is -0.121. The molecule has 0 aliphatic carbocycles. The second-order valence-electron chi connectivity index (χ2n) is 6.34. The number of ether oxygens (including phenoxy) is 1. The molecule has 1 fully saturated rings. The highest BCUT2D eigenvalue weighted by Gasteiger charge is 2.29. The van der Waals surface area contributed by atoms with Gasteiger partial charge in [0.05, 0.1) is 12.8 Å². The molecular formula is C19H20N2O3. The highest BCUT2D eigenvalue weighted by atomic mass is 16.5. The molecule has 1 aliphatic heterocycles. The Morgan fingerprint density at radius 2 is 2.04 bits per heavy atom. The normalized spacial score (nSPS) is 16.1. The number of amides is 1. The number of anilines is 1. The highest BCUT2D eigenvalue weighted by molar-refractivity contribution is 6.07. The van der Waals surface area contributed by atoms with Crippen molar-refractivity contribution in [2.24, 2.45) is 11.8 Å². The van der Waals surface area contributed by atoms with Crippen LogP contribution in [0.5, 0.6) is 5.75 Å². The number of rotatable bonds is 4. The molecule has 0 spiro atoms. The van der Waals surface area contributed by atoms with Gasteiger partial charge in [0.15, 0.2) is 0 Å². The summed E-state index contributed by atoms with van der Waals surface area (Å²) in [5.74, 6) is 1.00. The van der Waals surface area contributed by atoms with E-state index in [4.69, 9.17) is 9.15 Å². The van der Waals surface area contributed by atoms with Crippen LogP contribution in [0.25, 0.3) is 21.9 Å². The van der Waals surface area contributed by atoms with Gasteiger partial charge in [-0.15, -0.1) is 0 Å². The molecule has 4 rings (SSSR count). The zero-order chi connectivity index (χ0) is 16.7. The Morgan fingerprint density at radius 3 is 2.75 bits per heavy atom. The molecule has 1 atom stereocenters. The fourth-order valence-corrected chi connectivity index (χ4v) is 3.14. The largest absolute Gasteiger partial charge is 0.495 e. The van der Waals surface area contributed by atoms with Crippen molar-refractivity contribution in [2.45, 2.75) is 6.92 Å². The summed E-state index contributed by atoms with van der Waals surface area (Å²) in [6, 6.07) is 11.6. The lowest BCUT2D eigenvalue weighted by Gasteiger charge is -2.31. The molecule has 1 unspecified atom stereocenters. The van der Waals surface area contributed by atoms with Crippen molar-refractivity contribution in [3.63, 3.8) is 0 Å². The summed E-state index contributed by atoms with van der Waals surface area (Å²) < 4.78 is 11.4. The average molecular weight is 324 g/mol. The summed E-state index contributed by atoms with van der Waals surface area (Å²) in [6.07, 6.45) is 0. The number of hydrogen-bond donors (Lipinski definition) is 2. The average Bonchev–Trinajstić information content (AvgIpc) is 2.89. The van der Waals surface area contributed by atoms with Crippen LogP contribution in [0.4, 0.5) is 5.69 Å². The molecule has 24 heavy (non-hydrogen) atoms. The number of nitrogens with one attached hydrogen (secondary N) is 2. The Morgan fingerprint density at radius 1 is 1.25 bits per heavy atom. The van der Waals surface area contributed by atoms with Gasteiger partial charge in [-0.25, -0.2) is 0 Å². The Labute approximate surface area is 140 Å². The fraction of sp³-hybridized carbons (Fsp3) is 0.316. The minimum atomic E-state index is -0.0395. The number of furan rings is 1. The van der Waals surface area contributed by atoms with Crippen molar-refractivity contribution in [2.75, 3.05) is 25.5 Å². The van der Waals surface area contributed by atoms with Gasteiger partial charge in [-0.05, 0) is 31.1 Å². The van der Waals surface area contributed by atoms with Crippen LogP contribution in [0.2, 0.25) is 0 Å². The van der Waals surface area contributed by atoms with Crippen molar-refractivity contribution in [3.05, 3.63) is 36.4 Å². The van der Waals surface area contributed by atoms with Gasteiger partial charge in [-0.2, -0.15) is 0 Å². The molecule has 2 aromatic carbocycles. The molecule has 1 saturated heterocycles. The molecule has 1 aromatic heterocycles. The molecule has 2 heterocycles. The maximum absolute atomic E-state index is 12.5. The summed E-state index contributed by atoms with van der Waals surface area (Å²) in [5, 5.41) is 8.22. The van der Waals surface area contributed by atoms with Crippen molar-refractivity contribution in [3.8, 4) is 5.75 Å². The molecule has 3 aromatic rings. The standard InChI is InChI=1S/C19H20N2O3/c1-11(12-9-20-10-12)19(22)21-15-8-17-14(7-18(15)23-2)13-5-3-4-6-16(13)24-17/h3-8,11-12,20H,9-10H2,1-2H3,(H,21,22). The highest BCUT2D eigenvalue weighted by Crippen LogP contribution is 2.36. The lowest BCUT2D eigenvalue weighted by Crippen LogP contribution is -2.48. The van der Waals surface area contributed by atoms with E-state index in [1.165, 1.54) is 0 Å². The Hall–Kier alpha value is -2.53. The summed E-state index contributed by atoms with van der Waals surface area (Å²) in [4.78, 5) is 12.5. The predicted octanol–water partition coefficient (Wildman–Crippen LogP) is 3.39. The summed E-state index contributed by atoms with van der Waals surface area (Å²) in [6.45, 7) is 3.76. The first-order valence-electron chi connectivity index (χ1n) is 8.18. The third-order valence-corrected chi connectivity index (χ3v) is 4.89. The van der Waals surface area contributed by atoms with Crippen molar-refractivity contribution >= 4 is 33.5 Å². The van der Waals surface area contributed by atoms with E-state index in [1.807, 2.05) is 43.3 Å². The topological polar surface area (TPSA) is 63.5 Å². The van der Waals surface area contributed by atoms with Gasteiger partial charge in [0, 0.05) is 22.8 Å². The predicted molar refractivity (Wildman–Crippen MR) is 94.4 cm³/mol. The molecule has 0 saturated carbocycles. The zero-order valence-corrected chi connectivity index (χ0v) is 13.8. The molecule has 1 aliphatic rings. The van der Waals surface area contributed by atoms with E-state index in [0.717, 1.165) is 35.0 Å². The van der Waals surface area contributed by atoms with Crippen LogP contribution in [-0.2, 0) is 4.79 Å². The van der Waals surface area contributed by atoms with Gasteiger partial charge in [-0.3, -0.25) is 4.79 Å². The SMILES string of the molecule is COc1cc2c(cc1NC(=O)C(C)C1CNC1)oc1ccccc12. The summed E-state index contributed by atoms with van der Waals surface area (Å²) >= 11 is 0. The van der Waals surface area contributed by atoms with Crippen LogP contribution >= 0.6 is 0 Å². The van der Waals surface area contributed by atoms with E-state index < -0.39 is 0 Å². The van der Waals surface area contributed by atoms with Gasteiger partial charge in [0.2, 0.25) is 5.91 Å². The van der Waals surface area contributed by atoms with Crippen LogP contribution in [0.3, 0.4) is 0 Å². The molecule has 5 nitrogen and oxygen atoms in total. The van der Waals surface area contributed by atoms with Crippen LogP contribution in [0.15, 0.2) is 40.8 Å². The number of hydrogen-bond acceptors (Lipinski definition) is 4. The fourth-order valence-electron chi connectivity index (χ4n) is 3.14. The van der Waals surface area contributed by atoms with Crippen molar-refractivity contribution < 1.29 is 13.9 Å². The number of para-hydroxylation sites is 1. The zero-order valence-electron chi connectivity index (χ0n) is 13.8. The van der Waals surface area contributed by atoms with E-state index in [-0.39, 0.29) is 11.8 Å². The number of benzene rings is 2. The van der Waals surface area contributed by atoms with Gasteiger partial charge in [0.25, 0.3) is 0 Å². The number of carbonyl (C=O) groups excluding carboxylic acids is 1. The van der Waals surface area contributed by atoms with Crippen LogP contribution in [0, 0.1) is 11.8 Å². The van der Waals surface area contributed by atoms with E-state index in [1.54, 1.807) is 7.11 Å². The molecule has 1 amide bonds. The van der Waals surface area contributed by atoms with Crippen LogP contribution in [-0.4, -0.2) is 26.1 Å². The van der Waals surface area contributed by atoms with E-state index in [9.17, 15) is 4.79 Å². The minimum absolute atomic E-state index is 0.00950. The molecule has 2 N–H and O–H groups in total. The van der Waals surface area contributed by atoms with Crippen LogP contribution < -0.4 is 15.4 Å². The number of fused-ring (bicyclic) bond motifs is 3. The second kappa shape index (κ2) is 5.83. The van der Waals surface area contributed by atoms with Crippen molar-refractivity contribution in [1.82, 2.24) is 5.32 Å². The minimum Gasteiger partial charge on any atom is -0.495 e. The first-order chi connectivity index (χ1) is 11.7. The van der Waals surface area contributed by atoms with Gasteiger partial charge in [0.1, 0.15) is 16.9 Å². The van der Waals surface area contributed by atoms with E-state index >= 15 is 0 Å². The molecule has 0 radical (unpaired) electrons. The first-order valence-corrected chi connectivity index (χ1v) is 8.18. The molecule has 124 valence electrons. The number of carbonyl (C=O) groups is 1. The van der Waals surface area contributed by atoms with Gasteiger partial charge >= 0.3 is 0 Å². The summed E-state index contributed by atoms with van der Waals surface area (Å²) in [5.41, 5.74) is 2.21. The van der Waals surface area contributed by atoms with E-state index in [2.05, 4.69) is 10.6 Å². The van der Waals surface area contributed by atoms with Gasteiger partial charge in [-0.1, -0.05) is 25.1 Å². The smallest absolute Gasteiger partial charge is 0.227 e. The molecular weight excluding hydrogens is 304 g/mol. The van der Waals surface area contributed by atoms with Crippen LogP contribution in [0.1, 0.15) is 6.92 Å². The number of methoxy groups -OCH3 is 1. The Kier molecular flexibility index (Phi) is 3.65. The monoisotopic (exact) mass is 324 g/mol. The molecule has 0 bridgehead atoms. The van der Waals surface area contributed by atoms with Crippen molar-refractivity contribution in [1.29, 1.82) is 0 Å². The quantitative estimate of drug-likeness (QED) is 0.772. The molecule has 5 heteroatoms.